The van der Waals surface area contributed by atoms with Gasteiger partial charge >= 0.3 is 6.09 Å². The van der Waals surface area contributed by atoms with Gasteiger partial charge in [-0.2, -0.15) is 0 Å². The molecule has 4 aromatic rings. The van der Waals surface area contributed by atoms with E-state index in [-0.39, 0.29) is 31.2 Å². The van der Waals surface area contributed by atoms with E-state index in [1.807, 2.05) is 24.3 Å². The van der Waals surface area contributed by atoms with Crippen LogP contribution in [0.5, 0.6) is 5.75 Å². The minimum atomic E-state index is -1.29. The van der Waals surface area contributed by atoms with E-state index in [4.69, 9.17) is 9.47 Å². The molecule has 0 saturated carbocycles. The number of rotatable bonds is 10. The van der Waals surface area contributed by atoms with Crippen molar-refractivity contribution in [1.82, 2.24) is 25.7 Å². The van der Waals surface area contributed by atoms with Gasteiger partial charge in [0.25, 0.3) is 11.5 Å². The van der Waals surface area contributed by atoms with E-state index >= 15 is 0 Å². The first kappa shape index (κ1) is 31.4. The third-order valence-electron chi connectivity index (χ3n) is 6.47. The van der Waals surface area contributed by atoms with Gasteiger partial charge in [-0.15, -0.1) is 0 Å². The minimum Gasteiger partial charge on any atom is -0.481 e. The number of nitrogens with zero attached hydrogens (tertiary/aromatic N) is 2. The van der Waals surface area contributed by atoms with Crippen LogP contribution in [0.15, 0.2) is 89.7 Å². The number of carbonyl (C=O) groups excluding carboxylic acids is 3. The van der Waals surface area contributed by atoms with Crippen molar-refractivity contribution in [3.63, 3.8) is 0 Å². The summed E-state index contributed by atoms with van der Waals surface area (Å²) < 4.78 is 25.5. The van der Waals surface area contributed by atoms with Crippen molar-refractivity contribution in [2.75, 3.05) is 0 Å². The Hall–Kier alpha value is -5.52. The Balaban J connectivity index is 1.56. The molecule has 4 rings (SSSR count). The molecule has 0 fully saturated rings. The molecule has 0 spiro atoms. The SMILES string of the molecule is Cn1c(C(C)(C)NC(=O)OCc2ccccc2)nc(C(=O)NNC(=O)Cc2ccc(F)cc2)c(OCc2ccccc2)c1=O. The number of benzene rings is 3. The van der Waals surface area contributed by atoms with Crippen LogP contribution in [0.3, 0.4) is 0 Å². The van der Waals surface area contributed by atoms with Crippen LogP contribution >= 0.6 is 0 Å². The maximum absolute atomic E-state index is 13.5. The number of alkyl carbamates (subject to hydrolysis) is 1. The summed E-state index contributed by atoms with van der Waals surface area (Å²) in [5.41, 5.74) is 4.18. The van der Waals surface area contributed by atoms with Crippen LogP contribution in [-0.2, 0) is 41.8 Å². The lowest BCUT2D eigenvalue weighted by molar-refractivity contribution is -0.121. The van der Waals surface area contributed by atoms with Crippen LogP contribution in [-0.4, -0.2) is 27.5 Å². The fraction of sp³-hybridized carbons (Fsp3) is 0.219. The molecule has 3 amide bonds. The molecule has 228 valence electrons. The Kier molecular flexibility index (Phi) is 10.1. The van der Waals surface area contributed by atoms with Crippen molar-refractivity contribution in [3.05, 3.63) is 129 Å². The summed E-state index contributed by atoms with van der Waals surface area (Å²) in [7, 11) is 1.44. The number of halogens is 1. The monoisotopic (exact) mass is 601 g/mol. The molecule has 0 aliphatic carbocycles. The van der Waals surface area contributed by atoms with Crippen molar-refractivity contribution in [3.8, 4) is 5.75 Å². The molecular formula is C32H32FN5O6. The van der Waals surface area contributed by atoms with Crippen LogP contribution in [0.25, 0.3) is 0 Å². The van der Waals surface area contributed by atoms with E-state index < -0.39 is 40.5 Å². The van der Waals surface area contributed by atoms with Crippen molar-refractivity contribution in [2.45, 2.75) is 39.0 Å². The molecule has 44 heavy (non-hydrogen) atoms. The zero-order chi connectivity index (χ0) is 31.7. The highest BCUT2D eigenvalue weighted by molar-refractivity contribution is 5.96. The van der Waals surface area contributed by atoms with Crippen LogP contribution in [0.2, 0.25) is 0 Å². The van der Waals surface area contributed by atoms with E-state index in [1.165, 1.54) is 35.9 Å². The van der Waals surface area contributed by atoms with Crippen LogP contribution < -0.4 is 26.5 Å². The number of carbonyl (C=O) groups is 3. The molecule has 12 heteroatoms. The number of hydrogen-bond acceptors (Lipinski definition) is 7. The van der Waals surface area contributed by atoms with Crippen molar-refractivity contribution < 1.29 is 28.2 Å². The smallest absolute Gasteiger partial charge is 0.408 e. The fourth-order valence-corrected chi connectivity index (χ4v) is 4.24. The first-order chi connectivity index (χ1) is 21.0. The third-order valence-corrected chi connectivity index (χ3v) is 6.47. The van der Waals surface area contributed by atoms with Gasteiger partial charge in [-0.3, -0.25) is 29.8 Å². The second kappa shape index (κ2) is 14.1. The predicted molar refractivity (Wildman–Crippen MR) is 159 cm³/mol. The first-order valence-electron chi connectivity index (χ1n) is 13.6. The Bertz CT molecular complexity index is 1680. The summed E-state index contributed by atoms with van der Waals surface area (Å²) in [6.45, 7) is 3.17. The molecule has 0 saturated heterocycles. The molecule has 0 radical (unpaired) electrons. The summed E-state index contributed by atoms with van der Waals surface area (Å²) in [4.78, 5) is 56.4. The first-order valence-corrected chi connectivity index (χ1v) is 13.6. The third kappa shape index (κ3) is 8.28. The summed E-state index contributed by atoms with van der Waals surface area (Å²) in [6.07, 6.45) is -0.911. The van der Waals surface area contributed by atoms with Crippen LogP contribution in [0, 0.1) is 5.82 Å². The van der Waals surface area contributed by atoms with Gasteiger partial charge in [-0.05, 0) is 42.7 Å². The number of hydrazine groups is 1. The molecule has 0 aliphatic heterocycles. The van der Waals surface area contributed by atoms with E-state index in [0.29, 0.717) is 5.56 Å². The highest BCUT2D eigenvalue weighted by Gasteiger charge is 2.32. The van der Waals surface area contributed by atoms with Gasteiger partial charge in [0.15, 0.2) is 5.69 Å². The average Bonchev–Trinajstić information content (AvgIpc) is 3.01. The van der Waals surface area contributed by atoms with E-state index in [0.717, 1.165) is 11.1 Å². The molecule has 1 aromatic heterocycles. The number of ether oxygens (including phenoxy) is 2. The quantitative estimate of drug-likeness (QED) is 0.236. The maximum Gasteiger partial charge on any atom is 0.408 e. The minimum absolute atomic E-state index is 0.0205. The topological polar surface area (TPSA) is 141 Å². The standard InChI is InChI=1S/C32H32FN5O6/c1-32(2,35-31(42)44-20-23-12-8-5-9-13-23)30-34-26(27(29(41)38(30)3)43-19-22-10-6-4-7-11-22)28(40)37-36-25(39)18-21-14-16-24(33)17-15-21/h4-17H,18-20H2,1-3H3,(H,35,42)(H,36,39)(H,37,40). The summed E-state index contributed by atoms with van der Waals surface area (Å²) in [5, 5.41) is 2.68. The highest BCUT2D eigenvalue weighted by atomic mass is 19.1. The highest BCUT2D eigenvalue weighted by Crippen LogP contribution is 2.21. The normalized spacial score (nSPS) is 10.9. The van der Waals surface area contributed by atoms with Gasteiger partial charge in [0, 0.05) is 7.05 Å². The molecule has 3 N–H and O–H groups in total. The molecule has 11 nitrogen and oxygen atoms in total. The average molecular weight is 602 g/mol. The Labute approximate surface area is 253 Å². The summed E-state index contributed by atoms with van der Waals surface area (Å²) in [6, 6.07) is 23.4. The lowest BCUT2D eigenvalue weighted by Crippen LogP contribution is -2.47. The van der Waals surface area contributed by atoms with Crippen molar-refractivity contribution >= 4 is 17.9 Å². The lowest BCUT2D eigenvalue weighted by atomic mass is 10.0. The zero-order valence-corrected chi connectivity index (χ0v) is 24.4. The molecule has 0 unspecified atom stereocenters. The van der Waals surface area contributed by atoms with Gasteiger partial charge in [-0.25, -0.2) is 14.2 Å². The van der Waals surface area contributed by atoms with Crippen molar-refractivity contribution in [1.29, 1.82) is 0 Å². The predicted octanol–water partition coefficient (Wildman–Crippen LogP) is 3.66. The number of hydrogen-bond donors (Lipinski definition) is 3. The largest absolute Gasteiger partial charge is 0.481 e. The van der Waals surface area contributed by atoms with Crippen molar-refractivity contribution in [2.24, 2.45) is 7.05 Å². The van der Waals surface area contributed by atoms with Crippen LogP contribution in [0.4, 0.5) is 9.18 Å². The van der Waals surface area contributed by atoms with E-state index in [1.54, 1.807) is 50.2 Å². The fourth-order valence-electron chi connectivity index (χ4n) is 4.24. The van der Waals surface area contributed by atoms with E-state index in [9.17, 15) is 23.6 Å². The van der Waals surface area contributed by atoms with Gasteiger partial charge in [-0.1, -0.05) is 72.8 Å². The number of aromatic nitrogens is 2. The molecule has 0 bridgehead atoms. The molecule has 3 aromatic carbocycles. The maximum atomic E-state index is 13.5. The second-order valence-electron chi connectivity index (χ2n) is 10.4. The molecular weight excluding hydrogens is 569 g/mol. The summed E-state index contributed by atoms with van der Waals surface area (Å²) >= 11 is 0. The van der Waals surface area contributed by atoms with Gasteiger partial charge < -0.3 is 14.8 Å². The van der Waals surface area contributed by atoms with Gasteiger partial charge in [0.1, 0.15) is 24.9 Å². The second-order valence-corrected chi connectivity index (χ2v) is 10.4. The molecule has 0 atom stereocenters. The van der Waals surface area contributed by atoms with E-state index in [2.05, 4.69) is 21.2 Å². The molecule has 0 aliphatic rings. The van der Waals surface area contributed by atoms with Gasteiger partial charge in [0.05, 0.1) is 12.0 Å². The summed E-state index contributed by atoms with van der Waals surface area (Å²) in [5.74, 6) is -2.30. The molecule has 1 heterocycles. The Morgan fingerprint density at radius 2 is 1.43 bits per heavy atom. The zero-order valence-electron chi connectivity index (χ0n) is 24.4. The Morgan fingerprint density at radius 1 is 0.841 bits per heavy atom. The lowest BCUT2D eigenvalue weighted by Gasteiger charge is -2.28. The Morgan fingerprint density at radius 3 is 2.05 bits per heavy atom. The van der Waals surface area contributed by atoms with Gasteiger partial charge in [0.2, 0.25) is 11.7 Å². The van der Waals surface area contributed by atoms with Crippen LogP contribution in [0.1, 0.15) is 46.9 Å². The number of amides is 3. The number of nitrogens with one attached hydrogen (secondary N) is 3.